The first-order valence-electron chi connectivity index (χ1n) is 8.47. The Balaban J connectivity index is 1.66. The Bertz CT molecular complexity index is 817. The van der Waals surface area contributed by atoms with Gasteiger partial charge in [-0.3, -0.25) is 0 Å². The van der Waals surface area contributed by atoms with Crippen LogP contribution in [-0.4, -0.2) is 45.8 Å². The molecule has 0 atom stereocenters. The van der Waals surface area contributed by atoms with Crippen molar-refractivity contribution >= 4 is 51.1 Å². The van der Waals surface area contributed by atoms with Gasteiger partial charge in [0.25, 0.3) is 0 Å². The molecule has 1 aliphatic heterocycles. The highest BCUT2D eigenvalue weighted by atomic mass is 127. The van der Waals surface area contributed by atoms with E-state index < -0.39 is 5.60 Å². The number of piperidine rings is 1. The second kappa shape index (κ2) is 7.72. The van der Waals surface area contributed by atoms with Gasteiger partial charge in [-0.1, -0.05) is 11.6 Å². The molecule has 0 N–H and O–H groups in total. The molecule has 0 radical (unpaired) electrons. The van der Waals surface area contributed by atoms with Gasteiger partial charge >= 0.3 is 6.09 Å². The molecule has 0 bridgehead atoms. The minimum atomic E-state index is -0.483. The van der Waals surface area contributed by atoms with Gasteiger partial charge in [0.05, 0.1) is 5.39 Å². The van der Waals surface area contributed by atoms with Crippen LogP contribution in [0.1, 0.15) is 33.6 Å². The SMILES string of the molecule is CC(C)(C)OC(=O)N1CCC(Oc2ncc(I)c3cc(Cl)ncc23)CC1. The maximum Gasteiger partial charge on any atom is 0.410 e. The number of nitrogens with zero attached hydrogens (tertiary/aromatic N) is 3. The zero-order valence-electron chi connectivity index (χ0n) is 15.0. The number of hydrogen-bond acceptors (Lipinski definition) is 5. The second-order valence-corrected chi connectivity index (χ2v) is 8.80. The number of carbonyl (C=O) groups is 1. The highest BCUT2D eigenvalue weighted by molar-refractivity contribution is 14.1. The van der Waals surface area contributed by atoms with Crippen LogP contribution < -0.4 is 4.74 Å². The highest BCUT2D eigenvalue weighted by Crippen LogP contribution is 2.30. The Morgan fingerprint density at radius 3 is 2.58 bits per heavy atom. The van der Waals surface area contributed by atoms with Crippen LogP contribution in [0.15, 0.2) is 18.5 Å². The van der Waals surface area contributed by atoms with Crippen LogP contribution in [0.4, 0.5) is 4.79 Å². The first-order chi connectivity index (χ1) is 12.2. The molecule has 1 aliphatic rings. The van der Waals surface area contributed by atoms with Gasteiger partial charge < -0.3 is 14.4 Å². The average Bonchev–Trinajstić information content (AvgIpc) is 2.57. The van der Waals surface area contributed by atoms with E-state index in [-0.39, 0.29) is 12.2 Å². The molecule has 3 rings (SSSR count). The summed E-state index contributed by atoms with van der Waals surface area (Å²) in [6.45, 7) is 6.82. The summed E-state index contributed by atoms with van der Waals surface area (Å²) < 4.78 is 12.5. The predicted octanol–water partition coefficient (Wildman–Crippen LogP) is 4.67. The number of amides is 1. The first-order valence-corrected chi connectivity index (χ1v) is 9.93. The lowest BCUT2D eigenvalue weighted by atomic mass is 10.1. The van der Waals surface area contributed by atoms with Crippen LogP contribution in [0.5, 0.6) is 5.88 Å². The minimum Gasteiger partial charge on any atom is -0.474 e. The van der Waals surface area contributed by atoms with E-state index in [1.807, 2.05) is 26.8 Å². The van der Waals surface area contributed by atoms with Crippen molar-refractivity contribution < 1.29 is 14.3 Å². The highest BCUT2D eigenvalue weighted by Gasteiger charge is 2.28. The number of hydrogen-bond donors (Lipinski definition) is 0. The number of rotatable bonds is 2. The molecule has 0 aromatic carbocycles. The molecule has 6 nitrogen and oxygen atoms in total. The zero-order valence-corrected chi connectivity index (χ0v) is 17.9. The summed E-state index contributed by atoms with van der Waals surface area (Å²) in [5.74, 6) is 0.556. The van der Waals surface area contributed by atoms with Crippen molar-refractivity contribution in [3.05, 3.63) is 27.2 Å². The number of halogens is 2. The fraction of sp³-hybridized carbons (Fsp3) is 0.500. The standard InChI is InChI=1S/C18H21ClIN3O3/c1-18(2,3)26-17(24)23-6-4-11(5-7-23)25-16-13-9-21-15(19)8-12(13)14(20)10-22-16/h8-11H,4-7H2,1-3H3. The quantitative estimate of drug-likeness (QED) is 0.453. The van der Waals surface area contributed by atoms with Gasteiger partial charge in [-0.05, 0) is 49.4 Å². The first kappa shape index (κ1) is 19.4. The third kappa shape index (κ3) is 4.68. The van der Waals surface area contributed by atoms with Crippen molar-refractivity contribution in [2.75, 3.05) is 13.1 Å². The van der Waals surface area contributed by atoms with Crippen LogP contribution in [0, 0.1) is 3.57 Å². The van der Waals surface area contributed by atoms with Gasteiger partial charge in [0.1, 0.15) is 16.9 Å². The Labute approximate surface area is 171 Å². The molecule has 2 aromatic heterocycles. The van der Waals surface area contributed by atoms with E-state index in [4.69, 9.17) is 21.1 Å². The lowest BCUT2D eigenvalue weighted by Gasteiger charge is -2.33. The maximum absolute atomic E-state index is 12.2. The number of likely N-dealkylation sites (tertiary alicyclic amines) is 1. The summed E-state index contributed by atoms with van der Waals surface area (Å²) >= 11 is 8.22. The van der Waals surface area contributed by atoms with Gasteiger partial charge in [-0.25, -0.2) is 14.8 Å². The lowest BCUT2D eigenvalue weighted by Crippen LogP contribution is -2.44. The molecule has 0 unspecified atom stereocenters. The Kier molecular flexibility index (Phi) is 5.76. The van der Waals surface area contributed by atoms with E-state index >= 15 is 0 Å². The predicted molar refractivity (Wildman–Crippen MR) is 109 cm³/mol. The molecular weight excluding hydrogens is 469 g/mol. The summed E-state index contributed by atoms with van der Waals surface area (Å²) in [5, 5.41) is 2.26. The zero-order chi connectivity index (χ0) is 18.9. The fourth-order valence-electron chi connectivity index (χ4n) is 2.79. The summed E-state index contributed by atoms with van der Waals surface area (Å²) in [7, 11) is 0. The van der Waals surface area contributed by atoms with Crippen molar-refractivity contribution in [2.24, 2.45) is 0 Å². The third-order valence-electron chi connectivity index (χ3n) is 4.03. The van der Waals surface area contributed by atoms with E-state index in [0.29, 0.717) is 24.1 Å². The van der Waals surface area contributed by atoms with Crippen molar-refractivity contribution in [2.45, 2.75) is 45.3 Å². The van der Waals surface area contributed by atoms with Gasteiger partial charge in [0.2, 0.25) is 5.88 Å². The minimum absolute atomic E-state index is 0.000117. The Morgan fingerprint density at radius 2 is 1.92 bits per heavy atom. The molecular formula is C18H21ClIN3O3. The average molecular weight is 490 g/mol. The topological polar surface area (TPSA) is 64.5 Å². The van der Waals surface area contributed by atoms with E-state index in [1.54, 1.807) is 17.3 Å². The molecule has 1 saturated heterocycles. The fourth-order valence-corrected chi connectivity index (χ4v) is 3.53. The number of fused-ring (bicyclic) bond motifs is 1. The molecule has 0 saturated carbocycles. The number of carbonyl (C=O) groups excluding carboxylic acids is 1. The van der Waals surface area contributed by atoms with E-state index in [2.05, 4.69) is 32.6 Å². The maximum atomic E-state index is 12.2. The number of pyridine rings is 2. The second-order valence-electron chi connectivity index (χ2n) is 7.25. The van der Waals surface area contributed by atoms with Gasteiger partial charge in [0.15, 0.2) is 0 Å². The molecule has 1 fully saturated rings. The molecule has 0 spiro atoms. The summed E-state index contributed by atoms with van der Waals surface area (Å²) in [6, 6.07) is 1.82. The number of ether oxygens (including phenoxy) is 2. The molecule has 140 valence electrons. The smallest absolute Gasteiger partial charge is 0.410 e. The van der Waals surface area contributed by atoms with E-state index in [1.165, 1.54) is 0 Å². The monoisotopic (exact) mass is 489 g/mol. The van der Waals surface area contributed by atoms with Gasteiger partial charge in [-0.2, -0.15) is 0 Å². The molecule has 3 heterocycles. The van der Waals surface area contributed by atoms with Crippen LogP contribution in [0.2, 0.25) is 5.15 Å². The van der Waals surface area contributed by atoms with Crippen molar-refractivity contribution in [1.82, 2.24) is 14.9 Å². The van der Waals surface area contributed by atoms with Crippen molar-refractivity contribution in [3.8, 4) is 5.88 Å². The molecule has 1 amide bonds. The van der Waals surface area contributed by atoms with Crippen LogP contribution in [-0.2, 0) is 4.74 Å². The molecule has 0 aliphatic carbocycles. The number of aromatic nitrogens is 2. The van der Waals surface area contributed by atoms with E-state index in [9.17, 15) is 4.79 Å². The summed E-state index contributed by atoms with van der Waals surface area (Å²) in [6.07, 6.45) is 4.65. The molecule has 8 heteroatoms. The van der Waals surface area contributed by atoms with Crippen LogP contribution >= 0.6 is 34.2 Å². The van der Waals surface area contributed by atoms with Crippen molar-refractivity contribution in [1.29, 1.82) is 0 Å². The molecule has 26 heavy (non-hydrogen) atoms. The summed E-state index contributed by atoms with van der Waals surface area (Å²) in [5.41, 5.74) is -0.483. The van der Waals surface area contributed by atoms with Crippen molar-refractivity contribution in [3.63, 3.8) is 0 Å². The normalized spacial score (nSPS) is 16.0. The van der Waals surface area contributed by atoms with E-state index in [0.717, 1.165) is 27.2 Å². The summed E-state index contributed by atoms with van der Waals surface area (Å²) in [4.78, 5) is 22.4. The third-order valence-corrected chi connectivity index (χ3v) is 5.09. The van der Waals surface area contributed by atoms with Crippen LogP contribution in [0.3, 0.4) is 0 Å². The Morgan fingerprint density at radius 1 is 1.23 bits per heavy atom. The Hall–Kier alpha value is -1.35. The van der Waals surface area contributed by atoms with Crippen LogP contribution in [0.25, 0.3) is 10.8 Å². The van der Waals surface area contributed by atoms with Gasteiger partial charge in [-0.15, -0.1) is 0 Å². The molecule has 2 aromatic rings. The largest absolute Gasteiger partial charge is 0.474 e. The lowest BCUT2D eigenvalue weighted by molar-refractivity contribution is 0.0124. The van der Waals surface area contributed by atoms with Gasteiger partial charge in [0, 0.05) is 47.3 Å².